The lowest BCUT2D eigenvalue weighted by Gasteiger charge is -1.76. The van der Waals surface area contributed by atoms with Gasteiger partial charge >= 0.3 is 0 Å². The summed E-state index contributed by atoms with van der Waals surface area (Å²) in [6, 6.07) is 0. The van der Waals surface area contributed by atoms with Crippen molar-refractivity contribution in [3.63, 3.8) is 0 Å². The van der Waals surface area contributed by atoms with Crippen LogP contribution in [0.4, 0.5) is 0 Å². The van der Waals surface area contributed by atoms with Gasteiger partial charge in [0, 0.05) is 11.1 Å². The predicted molar refractivity (Wildman–Crippen MR) is 25.5 cm³/mol. The molecule has 0 aromatic carbocycles. The highest BCUT2D eigenvalue weighted by Crippen LogP contribution is 1.82. The smallest absolute Gasteiger partial charge is 0.0914 e. The van der Waals surface area contributed by atoms with Crippen LogP contribution in [-0.2, 0) is 0 Å². The second kappa shape index (κ2) is 3.06. The van der Waals surface area contributed by atoms with Crippen LogP contribution in [0.5, 0.6) is 0 Å². The molecule has 0 rings (SSSR count). The van der Waals surface area contributed by atoms with E-state index in [2.05, 4.69) is 10.0 Å². The molecule has 0 aliphatic carbocycles. The van der Waals surface area contributed by atoms with Gasteiger partial charge in [0.25, 0.3) is 0 Å². The fourth-order valence-electron chi connectivity index (χ4n) is 0.109. The maximum Gasteiger partial charge on any atom is 0.0914 e. The van der Waals surface area contributed by atoms with Crippen LogP contribution in [0.1, 0.15) is 6.92 Å². The third kappa shape index (κ3) is 4.85. The van der Waals surface area contributed by atoms with Crippen molar-refractivity contribution >= 4 is 0 Å². The molecule has 0 aliphatic heterocycles. The van der Waals surface area contributed by atoms with Gasteiger partial charge < -0.3 is 5.11 Å². The highest BCUT2D eigenvalue weighted by molar-refractivity contribution is 4.82. The molecule has 0 radical (unpaired) electrons. The molecule has 0 saturated heterocycles. The standard InChI is InChI=1S/C3H5N3O/c1-3(7)2-5-6-4/h2,7H,1H3/b3-2-. The number of hydrogen-bond acceptors (Lipinski definition) is 2. The van der Waals surface area contributed by atoms with Gasteiger partial charge in [0.15, 0.2) is 0 Å². The van der Waals surface area contributed by atoms with E-state index in [0.717, 1.165) is 6.20 Å². The first kappa shape index (κ1) is 5.85. The Labute approximate surface area is 40.7 Å². The number of rotatable bonds is 1. The zero-order chi connectivity index (χ0) is 5.70. The predicted octanol–water partition coefficient (Wildman–Crippen LogP) is 1.72. The van der Waals surface area contributed by atoms with Gasteiger partial charge in [0.1, 0.15) is 0 Å². The monoisotopic (exact) mass is 99.0 g/mol. The normalized spacial score (nSPS) is 10.1. The minimum absolute atomic E-state index is 0.0119. The Morgan fingerprint density at radius 2 is 2.57 bits per heavy atom. The molecule has 0 bridgehead atoms. The van der Waals surface area contributed by atoms with E-state index in [4.69, 9.17) is 10.6 Å². The van der Waals surface area contributed by atoms with Crippen LogP contribution in [0.25, 0.3) is 10.4 Å². The fraction of sp³-hybridized carbons (Fsp3) is 0.333. The summed E-state index contributed by atoms with van der Waals surface area (Å²) in [4.78, 5) is 2.36. The van der Waals surface area contributed by atoms with Crippen molar-refractivity contribution in [1.82, 2.24) is 0 Å². The van der Waals surface area contributed by atoms with E-state index in [1.165, 1.54) is 6.92 Å². The Morgan fingerprint density at radius 1 is 2.00 bits per heavy atom. The first-order chi connectivity index (χ1) is 3.27. The van der Waals surface area contributed by atoms with Crippen LogP contribution in [-0.4, -0.2) is 5.11 Å². The summed E-state index contributed by atoms with van der Waals surface area (Å²) in [5, 5.41) is 11.2. The number of azide groups is 1. The van der Waals surface area contributed by atoms with Gasteiger partial charge in [-0.2, -0.15) is 0 Å². The van der Waals surface area contributed by atoms with Gasteiger partial charge in [-0.05, 0) is 12.5 Å². The van der Waals surface area contributed by atoms with E-state index in [0.29, 0.717) is 0 Å². The molecule has 0 unspecified atom stereocenters. The summed E-state index contributed by atoms with van der Waals surface area (Å²) in [6.45, 7) is 1.43. The fourth-order valence-corrected chi connectivity index (χ4v) is 0.109. The van der Waals surface area contributed by atoms with E-state index >= 15 is 0 Å². The molecular formula is C3H5N3O. The van der Waals surface area contributed by atoms with E-state index in [1.807, 2.05) is 0 Å². The maximum atomic E-state index is 8.28. The molecule has 0 aromatic heterocycles. The zero-order valence-electron chi connectivity index (χ0n) is 3.87. The number of hydrogen-bond donors (Lipinski definition) is 1. The van der Waals surface area contributed by atoms with Gasteiger partial charge in [0.2, 0.25) is 0 Å². The molecule has 0 heterocycles. The van der Waals surface area contributed by atoms with Crippen LogP contribution in [0.3, 0.4) is 0 Å². The van der Waals surface area contributed by atoms with Crippen molar-refractivity contribution in [3.8, 4) is 0 Å². The number of nitrogens with zero attached hydrogens (tertiary/aromatic N) is 3. The summed E-state index contributed by atoms with van der Waals surface area (Å²) in [5.41, 5.74) is 7.62. The first-order valence-electron chi connectivity index (χ1n) is 1.67. The first-order valence-corrected chi connectivity index (χ1v) is 1.67. The van der Waals surface area contributed by atoms with Gasteiger partial charge in [-0.1, -0.05) is 5.11 Å². The Bertz CT molecular complexity index is 118. The van der Waals surface area contributed by atoms with Crippen molar-refractivity contribution in [2.24, 2.45) is 5.11 Å². The van der Waals surface area contributed by atoms with E-state index in [-0.39, 0.29) is 5.76 Å². The molecule has 4 nitrogen and oxygen atoms in total. The molecule has 7 heavy (non-hydrogen) atoms. The zero-order valence-corrected chi connectivity index (χ0v) is 3.87. The summed E-state index contributed by atoms with van der Waals surface area (Å²) < 4.78 is 0. The van der Waals surface area contributed by atoms with Crippen LogP contribution in [0, 0.1) is 0 Å². The van der Waals surface area contributed by atoms with E-state index in [1.54, 1.807) is 0 Å². The van der Waals surface area contributed by atoms with Crippen LogP contribution >= 0.6 is 0 Å². The number of aliphatic hydroxyl groups excluding tert-OH is 1. The molecule has 0 amide bonds. The lowest BCUT2D eigenvalue weighted by atomic mass is 10.6. The minimum atomic E-state index is 0.0119. The molecule has 4 heteroatoms. The topological polar surface area (TPSA) is 69.0 Å². The summed E-state index contributed by atoms with van der Waals surface area (Å²) in [7, 11) is 0. The molecule has 0 aliphatic rings. The molecule has 0 aromatic rings. The lowest BCUT2D eigenvalue weighted by Crippen LogP contribution is -1.62. The van der Waals surface area contributed by atoms with E-state index in [9.17, 15) is 0 Å². The summed E-state index contributed by atoms with van der Waals surface area (Å²) in [5.74, 6) is 0.0119. The number of aliphatic hydroxyl groups is 1. The Morgan fingerprint density at radius 3 is 2.71 bits per heavy atom. The summed E-state index contributed by atoms with van der Waals surface area (Å²) in [6.07, 6.45) is 1.03. The largest absolute Gasteiger partial charge is 0.513 e. The van der Waals surface area contributed by atoms with Gasteiger partial charge in [0.05, 0.1) is 5.76 Å². The van der Waals surface area contributed by atoms with Crippen molar-refractivity contribution in [2.75, 3.05) is 0 Å². The van der Waals surface area contributed by atoms with Crippen molar-refractivity contribution < 1.29 is 5.11 Å². The van der Waals surface area contributed by atoms with Crippen molar-refractivity contribution in [2.45, 2.75) is 6.92 Å². The molecule has 0 spiro atoms. The molecule has 38 valence electrons. The quantitative estimate of drug-likeness (QED) is 0.231. The molecule has 0 atom stereocenters. The third-order valence-corrected chi connectivity index (χ3v) is 0.296. The van der Waals surface area contributed by atoms with Crippen LogP contribution in [0.15, 0.2) is 17.1 Å². The SMILES string of the molecule is C/C(O)=C/N=[N+]=[N-]. The molecular weight excluding hydrogens is 94.1 g/mol. The Balaban J connectivity index is 3.69. The lowest BCUT2D eigenvalue weighted by molar-refractivity contribution is 0.412. The third-order valence-electron chi connectivity index (χ3n) is 0.296. The highest BCUT2D eigenvalue weighted by Gasteiger charge is 1.68. The number of allylic oxidation sites excluding steroid dienone is 1. The molecule has 0 fully saturated rings. The maximum absolute atomic E-state index is 8.28. The van der Waals surface area contributed by atoms with Crippen LogP contribution < -0.4 is 0 Å². The van der Waals surface area contributed by atoms with E-state index < -0.39 is 0 Å². The van der Waals surface area contributed by atoms with Gasteiger partial charge in [-0.25, -0.2) is 0 Å². The second-order valence-electron chi connectivity index (χ2n) is 0.975. The second-order valence-corrected chi connectivity index (χ2v) is 0.975. The summed E-state index contributed by atoms with van der Waals surface area (Å²) >= 11 is 0. The van der Waals surface area contributed by atoms with Gasteiger partial charge in [-0.15, -0.1) is 0 Å². The Hall–Kier alpha value is -1.15. The average molecular weight is 99.1 g/mol. The van der Waals surface area contributed by atoms with Crippen LogP contribution in [0.2, 0.25) is 0 Å². The van der Waals surface area contributed by atoms with Crippen molar-refractivity contribution in [1.29, 1.82) is 0 Å². The highest BCUT2D eigenvalue weighted by atomic mass is 16.3. The van der Waals surface area contributed by atoms with Gasteiger partial charge in [-0.3, -0.25) is 0 Å². The molecule has 1 N–H and O–H groups in total. The Kier molecular flexibility index (Phi) is 2.55. The molecule has 0 saturated carbocycles. The van der Waals surface area contributed by atoms with Crippen molar-refractivity contribution in [3.05, 3.63) is 22.4 Å². The minimum Gasteiger partial charge on any atom is -0.513 e. The average Bonchev–Trinajstić information content (AvgIpc) is 1.61.